The van der Waals surface area contributed by atoms with E-state index >= 15 is 0 Å². The zero-order valence-corrected chi connectivity index (χ0v) is 11.9. The molecular formula is C16H16O6. The highest BCUT2D eigenvalue weighted by Crippen LogP contribution is 2.53. The van der Waals surface area contributed by atoms with Crippen LogP contribution in [0.1, 0.15) is 43.6 Å². The lowest BCUT2D eigenvalue weighted by atomic mass is 9.65. The van der Waals surface area contributed by atoms with E-state index in [9.17, 15) is 19.8 Å². The molecular weight excluding hydrogens is 288 g/mol. The second-order valence-electron chi connectivity index (χ2n) is 6.24. The average Bonchev–Trinajstić information content (AvgIpc) is 2.98. The zero-order valence-electron chi connectivity index (χ0n) is 11.9. The lowest BCUT2D eigenvalue weighted by Gasteiger charge is -2.35. The lowest BCUT2D eigenvalue weighted by molar-refractivity contribution is -0.153. The fourth-order valence-corrected chi connectivity index (χ4v) is 4.21. The minimum atomic E-state index is -0.632. The molecule has 0 aromatic carbocycles. The highest BCUT2D eigenvalue weighted by Gasteiger charge is 2.54. The van der Waals surface area contributed by atoms with Crippen molar-refractivity contribution in [2.75, 3.05) is 0 Å². The van der Waals surface area contributed by atoms with Gasteiger partial charge in [0.1, 0.15) is 0 Å². The van der Waals surface area contributed by atoms with E-state index in [0.717, 1.165) is 31.3 Å². The maximum Gasteiger partial charge on any atom is 0.321 e. The number of carbonyl (C=O) groups is 2. The summed E-state index contributed by atoms with van der Waals surface area (Å²) < 4.78 is 9.64. The predicted octanol–water partition coefficient (Wildman–Crippen LogP) is 2.36. The quantitative estimate of drug-likeness (QED) is 0.469. The predicted molar refractivity (Wildman–Crippen MR) is 73.0 cm³/mol. The molecule has 0 radical (unpaired) electrons. The van der Waals surface area contributed by atoms with Gasteiger partial charge in [0.05, 0.1) is 11.8 Å². The highest BCUT2D eigenvalue weighted by atomic mass is 16.6. The largest absolute Gasteiger partial charge is 0.481 e. The molecule has 0 amide bonds. The third kappa shape index (κ3) is 1.79. The Hall–Kier alpha value is -2.24. The van der Waals surface area contributed by atoms with Gasteiger partial charge in [-0.2, -0.15) is 0 Å². The number of ether oxygens (including phenoxy) is 1. The molecule has 0 saturated carbocycles. The normalized spacial score (nSPS) is 31.0. The molecule has 3 atom stereocenters. The van der Waals surface area contributed by atoms with Crippen molar-refractivity contribution in [1.82, 2.24) is 0 Å². The smallest absolute Gasteiger partial charge is 0.321 e. The minimum absolute atomic E-state index is 0.372. The summed E-state index contributed by atoms with van der Waals surface area (Å²) in [5, 5.41) is 19.3. The molecule has 116 valence electrons. The molecule has 1 aliphatic heterocycles. The van der Waals surface area contributed by atoms with Gasteiger partial charge in [-0.3, -0.25) is 9.59 Å². The van der Waals surface area contributed by atoms with Crippen molar-refractivity contribution in [3.05, 3.63) is 22.8 Å². The van der Waals surface area contributed by atoms with E-state index in [0.29, 0.717) is 12.0 Å². The van der Waals surface area contributed by atoms with Gasteiger partial charge in [0, 0.05) is 17.5 Å². The van der Waals surface area contributed by atoms with E-state index in [4.69, 9.17) is 9.15 Å². The van der Waals surface area contributed by atoms with Crippen LogP contribution in [0.2, 0.25) is 0 Å². The first kappa shape index (κ1) is 13.4. The maximum absolute atomic E-state index is 12.2. The van der Waals surface area contributed by atoms with Crippen molar-refractivity contribution in [1.29, 1.82) is 0 Å². The van der Waals surface area contributed by atoms with Gasteiger partial charge in [-0.25, -0.2) is 0 Å². The van der Waals surface area contributed by atoms with E-state index in [2.05, 4.69) is 0 Å². The Morgan fingerprint density at radius 3 is 2.59 bits per heavy atom. The molecule has 3 aliphatic rings. The van der Waals surface area contributed by atoms with Gasteiger partial charge in [0.2, 0.25) is 0 Å². The summed E-state index contributed by atoms with van der Waals surface area (Å²) >= 11 is 0. The molecule has 4 rings (SSSR count). The first-order valence-electron chi connectivity index (χ1n) is 7.54. The van der Waals surface area contributed by atoms with Crippen molar-refractivity contribution in [3.8, 4) is 11.9 Å². The topological polar surface area (TPSA) is 97.0 Å². The van der Waals surface area contributed by atoms with Crippen LogP contribution < -0.4 is 0 Å². The molecule has 3 unspecified atom stereocenters. The highest BCUT2D eigenvalue weighted by molar-refractivity contribution is 5.99. The van der Waals surface area contributed by atoms with Gasteiger partial charge in [-0.1, -0.05) is 11.1 Å². The van der Waals surface area contributed by atoms with Gasteiger partial charge >= 0.3 is 11.9 Å². The Balaban J connectivity index is 1.83. The van der Waals surface area contributed by atoms with E-state index in [1.165, 1.54) is 11.6 Å². The van der Waals surface area contributed by atoms with Crippen molar-refractivity contribution in [2.24, 2.45) is 11.8 Å². The number of esters is 2. The van der Waals surface area contributed by atoms with Crippen LogP contribution in [0.15, 0.2) is 21.6 Å². The summed E-state index contributed by atoms with van der Waals surface area (Å²) in [6.45, 7) is 0. The number of cyclic esters (lactones) is 2. The lowest BCUT2D eigenvalue weighted by Crippen LogP contribution is -2.32. The van der Waals surface area contributed by atoms with Gasteiger partial charge < -0.3 is 19.4 Å². The molecule has 6 nitrogen and oxygen atoms in total. The van der Waals surface area contributed by atoms with Crippen LogP contribution in [0.5, 0.6) is 11.9 Å². The fraction of sp³-hybridized carbons (Fsp3) is 0.500. The van der Waals surface area contributed by atoms with E-state index in [1.807, 2.05) is 0 Å². The van der Waals surface area contributed by atoms with Crippen molar-refractivity contribution < 1.29 is 29.0 Å². The maximum atomic E-state index is 12.2. The molecule has 22 heavy (non-hydrogen) atoms. The Kier molecular flexibility index (Phi) is 2.82. The summed E-state index contributed by atoms with van der Waals surface area (Å²) in [6, 6.07) is 1.32. The van der Waals surface area contributed by atoms with E-state index in [1.54, 1.807) is 0 Å². The summed E-state index contributed by atoms with van der Waals surface area (Å²) in [5.41, 5.74) is 2.61. The molecule has 1 aromatic heterocycles. The first-order chi connectivity index (χ1) is 10.6. The number of hydrogen-bond donors (Lipinski definition) is 2. The second-order valence-corrected chi connectivity index (χ2v) is 6.24. The number of fused-ring (bicyclic) bond motifs is 2. The molecule has 0 spiro atoms. The molecule has 6 heteroatoms. The van der Waals surface area contributed by atoms with E-state index < -0.39 is 41.6 Å². The minimum Gasteiger partial charge on any atom is -0.481 e. The fourth-order valence-electron chi connectivity index (χ4n) is 4.21. The Morgan fingerprint density at radius 2 is 1.86 bits per heavy atom. The van der Waals surface area contributed by atoms with Crippen molar-refractivity contribution >= 4 is 11.9 Å². The second kappa shape index (κ2) is 4.63. The van der Waals surface area contributed by atoms with E-state index in [-0.39, 0.29) is 0 Å². The van der Waals surface area contributed by atoms with Crippen molar-refractivity contribution in [2.45, 2.75) is 38.0 Å². The average molecular weight is 304 g/mol. The molecule has 0 bridgehead atoms. The molecule has 2 aliphatic carbocycles. The molecule has 1 aromatic rings. The van der Waals surface area contributed by atoms with Crippen LogP contribution in [-0.4, -0.2) is 22.2 Å². The molecule has 1 fully saturated rings. The molecule has 2 heterocycles. The van der Waals surface area contributed by atoms with Crippen LogP contribution in [0.4, 0.5) is 0 Å². The van der Waals surface area contributed by atoms with Gasteiger partial charge in [0.15, 0.2) is 0 Å². The van der Waals surface area contributed by atoms with Gasteiger partial charge in [-0.05, 0) is 32.1 Å². The Labute approximate surface area is 126 Å². The van der Waals surface area contributed by atoms with Crippen LogP contribution in [0, 0.1) is 11.8 Å². The molecule has 1 saturated heterocycles. The number of aromatic hydroxyl groups is 2. The van der Waals surface area contributed by atoms with Gasteiger partial charge in [0.25, 0.3) is 11.9 Å². The van der Waals surface area contributed by atoms with Crippen LogP contribution in [-0.2, 0) is 14.3 Å². The van der Waals surface area contributed by atoms with Crippen molar-refractivity contribution in [3.63, 3.8) is 0 Å². The Morgan fingerprint density at radius 1 is 1.09 bits per heavy atom. The SMILES string of the molecule is O=C1OC(=O)C2C1C1=C(CCCC1)CC2c1cc(O)oc1O. The number of furan rings is 1. The number of allylic oxidation sites excluding steroid dienone is 1. The summed E-state index contributed by atoms with van der Waals surface area (Å²) in [5.74, 6) is -3.40. The van der Waals surface area contributed by atoms with Crippen LogP contribution in [0.3, 0.4) is 0 Å². The number of hydrogen-bond acceptors (Lipinski definition) is 6. The summed E-state index contributed by atoms with van der Waals surface area (Å²) in [6.07, 6.45) is 4.40. The standard InChI is InChI=1S/C16H16O6/c17-11-6-10(14(18)21-11)9-5-7-3-1-2-4-8(7)12-13(9)16(20)22-15(12)19/h6,9,12-13,17-18H,1-5H2. The van der Waals surface area contributed by atoms with Crippen LogP contribution in [0.25, 0.3) is 0 Å². The summed E-state index contributed by atoms with van der Waals surface area (Å²) in [7, 11) is 0. The third-order valence-electron chi connectivity index (χ3n) is 5.12. The van der Waals surface area contributed by atoms with Gasteiger partial charge in [-0.15, -0.1) is 0 Å². The van der Waals surface area contributed by atoms with Crippen LogP contribution >= 0.6 is 0 Å². The number of rotatable bonds is 1. The monoisotopic (exact) mass is 304 g/mol. The molecule has 2 N–H and O–H groups in total. The third-order valence-corrected chi connectivity index (χ3v) is 5.12. The zero-order chi connectivity index (χ0) is 15.4. The number of carbonyl (C=O) groups excluding carboxylic acids is 2. The Bertz CT molecular complexity index is 697. The first-order valence-corrected chi connectivity index (χ1v) is 7.54. The summed E-state index contributed by atoms with van der Waals surface area (Å²) in [4.78, 5) is 24.3.